The fourth-order valence-electron chi connectivity index (χ4n) is 1.56. The first-order valence-corrected chi connectivity index (χ1v) is 6.69. The van der Waals surface area contributed by atoms with Crippen molar-refractivity contribution in [1.29, 1.82) is 0 Å². The minimum atomic E-state index is -0.570. The fourth-order valence-corrected chi connectivity index (χ4v) is 1.74. The van der Waals surface area contributed by atoms with E-state index in [0.29, 0.717) is 18.2 Å². The molecule has 0 saturated heterocycles. The van der Waals surface area contributed by atoms with Gasteiger partial charge in [0.15, 0.2) is 0 Å². The molecule has 108 valence electrons. The highest BCUT2D eigenvalue weighted by Gasteiger charge is 2.08. The van der Waals surface area contributed by atoms with E-state index in [2.05, 4.69) is 5.32 Å². The first kappa shape index (κ1) is 16.2. The van der Waals surface area contributed by atoms with Crippen LogP contribution in [0.2, 0.25) is 5.02 Å². The van der Waals surface area contributed by atoms with E-state index in [1.165, 1.54) is 0 Å². The lowest BCUT2D eigenvalue weighted by Crippen LogP contribution is -2.28. The Balaban J connectivity index is 2.29. The third-order valence-electron chi connectivity index (χ3n) is 2.69. The zero-order valence-corrected chi connectivity index (χ0v) is 12.4. The largest absolute Gasteiger partial charge is 0.389 e. The van der Waals surface area contributed by atoms with Gasteiger partial charge >= 0.3 is 0 Å². The van der Waals surface area contributed by atoms with E-state index in [1.807, 2.05) is 32.0 Å². The summed E-state index contributed by atoms with van der Waals surface area (Å²) in [6, 6.07) is 5.72. The van der Waals surface area contributed by atoms with Crippen LogP contribution in [-0.4, -0.2) is 44.2 Å². The number of aryl methyl sites for hydroxylation is 1. The highest BCUT2D eigenvalue weighted by molar-refractivity contribution is 6.31. The number of methoxy groups -OCH3 is 1. The van der Waals surface area contributed by atoms with Crippen LogP contribution < -0.4 is 5.32 Å². The number of aliphatic hydroxyl groups excluding tert-OH is 1. The van der Waals surface area contributed by atoms with Crippen molar-refractivity contribution in [2.45, 2.75) is 26.1 Å². The summed E-state index contributed by atoms with van der Waals surface area (Å²) in [5.74, 6) is 0. The molecule has 0 aliphatic carbocycles. The molecule has 0 aliphatic rings. The lowest BCUT2D eigenvalue weighted by atomic mass is 10.2. The van der Waals surface area contributed by atoms with Gasteiger partial charge in [-0.1, -0.05) is 17.7 Å². The van der Waals surface area contributed by atoms with Crippen LogP contribution in [0.1, 0.15) is 12.5 Å². The van der Waals surface area contributed by atoms with E-state index < -0.39 is 6.10 Å². The highest BCUT2D eigenvalue weighted by Crippen LogP contribution is 2.19. The summed E-state index contributed by atoms with van der Waals surface area (Å²) < 4.78 is 10.4. The van der Waals surface area contributed by atoms with Gasteiger partial charge in [-0.05, 0) is 31.5 Å². The van der Waals surface area contributed by atoms with Crippen molar-refractivity contribution >= 4 is 17.3 Å². The minimum absolute atomic E-state index is 0.0199. The summed E-state index contributed by atoms with van der Waals surface area (Å²) in [7, 11) is 1.62. The van der Waals surface area contributed by atoms with Crippen LogP contribution in [0.15, 0.2) is 18.2 Å². The molecule has 0 spiro atoms. The molecule has 1 aromatic rings. The Bertz CT molecular complexity index is 387. The molecular formula is C14H22ClNO3. The Morgan fingerprint density at radius 2 is 2.11 bits per heavy atom. The predicted octanol–water partition coefficient (Wildman–Crippen LogP) is 2.47. The molecule has 0 amide bonds. The fraction of sp³-hybridized carbons (Fsp3) is 0.571. The maximum Gasteiger partial charge on any atom is 0.0945 e. The first-order valence-electron chi connectivity index (χ1n) is 6.31. The predicted molar refractivity (Wildman–Crippen MR) is 78.0 cm³/mol. The standard InChI is InChI=1S/C14H22ClNO3/c1-10-4-5-12(6-14(10)15)16-7-13(17)9-19-11(2)8-18-3/h4-6,11,13,16-17H,7-9H2,1-3H3. The maximum absolute atomic E-state index is 9.79. The number of anilines is 1. The van der Waals surface area contributed by atoms with Crippen molar-refractivity contribution in [3.05, 3.63) is 28.8 Å². The monoisotopic (exact) mass is 287 g/mol. The van der Waals surface area contributed by atoms with Gasteiger partial charge in [-0.2, -0.15) is 0 Å². The van der Waals surface area contributed by atoms with E-state index in [9.17, 15) is 5.11 Å². The average Bonchev–Trinajstić information content (AvgIpc) is 2.38. The zero-order chi connectivity index (χ0) is 14.3. The van der Waals surface area contributed by atoms with E-state index in [4.69, 9.17) is 21.1 Å². The van der Waals surface area contributed by atoms with E-state index in [0.717, 1.165) is 11.3 Å². The van der Waals surface area contributed by atoms with Gasteiger partial charge in [0, 0.05) is 24.4 Å². The van der Waals surface area contributed by atoms with Crippen molar-refractivity contribution in [3.8, 4) is 0 Å². The molecule has 0 bridgehead atoms. The lowest BCUT2D eigenvalue weighted by Gasteiger charge is -2.17. The smallest absolute Gasteiger partial charge is 0.0945 e. The Kier molecular flexibility index (Phi) is 7.16. The van der Waals surface area contributed by atoms with Gasteiger partial charge in [0.05, 0.1) is 25.4 Å². The summed E-state index contributed by atoms with van der Waals surface area (Å²) in [6.07, 6.45) is -0.590. The Morgan fingerprint density at radius 1 is 1.37 bits per heavy atom. The van der Waals surface area contributed by atoms with Crippen LogP contribution >= 0.6 is 11.6 Å². The second-order valence-corrected chi connectivity index (χ2v) is 5.01. The molecule has 0 aliphatic heterocycles. The van der Waals surface area contributed by atoms with Gasteiger partial charge in [0.2, 0.25) is 0 Å². The van der Waals surface area contributed by atoms with Gasteiger partial charge in [0.1, 0.15) is 0 Å². The first-order chi connectivity index (χ1) is 9.02. The lowest BCUT2D eigenvalue weighted by molar-refractivity contribution is -0.0282. The van der Waals surface area contributed by atoms with Gasteiger partial charge in [-0.25, -0.2) is 0 Å². The van der Waals surface area contributed by atoms with Crippen LogP contribution in [0.4, 0.5) is 5.69 Å². The van der Waals surface area contributed by atoms with Crippen LogP contribution in [-0.2, 0) is 9.47 Å². The molecule has 0 fully saturated rings. The second kappa shape index (κ2) is 8.38. The molecule has 0 radical (unpaired) electrons. The summed E-state index contributed by atoms with van der Waals surface area (Å²) in [5, 5.41) is 13.6. The van der Waals surface area contributed by atoms with Crippen molar-refractivity contribution < 1.29 is 14.6 Å². The number of hydrogen-bond donors (Lipinski definition) is 2. The number of aliphatic hydroxyl groups is 1. The molecule has 0 aromatic heterocycles. The molecule has 1 rings (SSSR count). The Morgan fingerprint density at radius 3 is 2.74 bits per heavy atom. The molecule has 4 nitrogen and oxygen atoms in total. The number of halogens is 1. The van der Waals surface area contributed by atoms with Gasteiger partial charge in [0.25, 0.3) is 0 Å². The topological polar surface area (TPSA) is 50.7 Å². The molecule has 2 unspecified atom stereocenters. The quantitative estimate of drug-likeness (QED) is 0.771. The number of hydrogen-bond acceptors (Lipinski definition) is 4. The SMILES string of the molecule is COCC(C)OCC(O)CNc1ccc(C)c(Cl)c1. The Hall–Kier alpha value is -0.810. The van der Waals surface area contributed by atoms with Crippen LogP contribution in [0, 0.1) is 6.92 Å². The van der Waals surface area contributed by atoms with Crippen molar-refractivity contribution in [2.24, 2.45) is 0 Å². The molecule has 2 atom stereocenters. The van der Waals surface area contributed by atoms with Crippen molar-refractivity contribution in [1.82, 2.24) is 0 Å². The summed E-state index contributed by atoms with van der Waals surface area (Å²) in [5.41, 5.74) is 1.92. The summed E-state index contributed by atoms with van der Waals surface area (Å²) in [4.78, 5) is 0. The van der Waals surface area contributed by atoms with Crippen LogP contribution in [0.25, 0.3) is 0 Å². The Labute approximate surface area is 119 Å². The van der Waals surface area contributed by atoms with Crippen LogP contribution in [0.3, 0.4) is 0 Å². The zero-order valence-electron chi connectivity index (χ0n) is 11.6. The molecular weight excluding hydrogens is 266 g/mol. The highest BCUT2D eigenvalue weighted by atomic mass is 35.5. The second-order valence-electron chi connectivity index (χ2n) is 4.60. The average molecular weight is 288 g/mol. The van der Waals surface area contributed by atoms with E-state index in [1.54, 1.807) is 7.11 Å². The molecule has 1 aromatic carbocycles. The van der Waals surface area contributed by atoms with E-state index in [-0.39, 0.29) is 12.7 Å². The molecule has 2 N–H and O–H groups in total. The molecule has 0 heterocycles. The van der Waals surface area contributed by atoms with Crippen LogP contribution in [0.5, 0.6) is 0 Å². The number of rotatable bonds is 8. The molecule has 5 heteroatoms. The van der Waals surface area contributed by atoms with Crippen molar-refractivity contribution in [3.63, 3.8) is 0 Å². The van der Waals surface area contributed by atoms with Gasteiger partial charge in [-0.15, -0.1) is 0 Å². The normalized spacial score (nSPS) is 14.2. The number of benzene rings is 1. The van der Waals surface area contributed by atoms with E-state index >= 15 is 0 Å². The molecule has 19 heavy (non-hydrogen) atoms. The summed E-state index contributed by atoms with van der Waals surface area (Å²) >= 11 is 6.03. The third-order valence-corrected chi connectivity index (χ3v) is 3.10. The number of ether oxygens (including phenoxy) is 2. The minimum Gasteiger partial charge on any atom is -0.389 e. The number of nitrogens with one attached hydrogen (secondary N) is 1. The van der Waals surface area contributed by atoms with Gasteiger partial charge in [-0.3, -0.25) is 0 Å². The molecule has 0 saturated carbocycles. The third kappa shape index (κ3) is 6.25. The van der Waals surface area contributed by atoms with Gasteiger partial charge < -0.3 is 19.9 Å². The maximum atomic E-state index is 9.79. The summed E-state index contributed by atoms with van der Waals surface area (Å²) in [6.45, 7) is 5.07. The van der Waals surface area contributed by atoms with Crippen molar-refractivity contribution in [2.75, 3.05) is 32.2 Å².